The van der Waals surface area contributed by atoms with E-state index in [1.807, 2.05) is 35.0 Å². The number of amides is 1. The quantitative estimate of drug-likeness (QED) is 0.480. The fraction of sp³-hybridized carbons (Fsp3) is 0.320. The van der Waals surface area contributed by atoms with Crippen molar-refractivity contribution in [1.82, 2.24) is 13.9 Å². The lowest BCUT2D eigenvalue weighted by atomic mass is 9.97. The van der Waals surface area contributed by atoms with E-state index in [9.17, 15) is 18.0 Å². The molecule has 1 amide bonds. The summed E-state index contributed by atoms with van der Waals surface area (Å²) in [5.74, 6) is -0.874. The van der Waals surface area contributed by atoms with E-state index >= 15 is 0 Å². The summed E-state index contributed by atoms with van der Waals surface area (Å²) in [6.45, 7) is 3.11. The summed E-state index contributed by atoms with van der Waals surface area (Å²) >= 11 is 0. The van der Waals surface area contributed by atoms with Crippen molar-refractivity contribution >= 4 is 27.6 Å². The second-order valence-electron chi connectivity index (χ2n) is 8.35. The number of carbonyl (C=O) groups is 2. The van der Waals surface area contributed by atoms with Crippen molar-refractivity contribution < 1.29 is 22.7 Å². The molecular formula is C25H28N4O5S. The number of benzene rings is 2. The highest BCUT2D eigenvalue weighted by molar-refractivity contribution is 7.89. The molecule has 0 spiro atoms. The van der Waals surface area contributed by atoms with Crippen LogP contribution in [0.25, 0.3) is 0 Å². The molecule has 3 aromatic rings. The Hall–Kier alpha value is -3.50. The Morgan fingerprint density at radius 2 is 1.86 bits per heavy atom. The molecule has 1 saturated heterocycles. The normalized spacial score (nSPS) is 15.0. The highest BCUT2D eigenvalue weighted by Gasteiger charge is 2.32. The Balaban J connectivity index is 1.33. The third kappa shape index (κ3) is 5.95. The smallest absolute Gasteiger partial charge is 0.338 e. The maximum atomic E-state index is 13.0. The number of piperidine rings is 1. The van der Waals surface area contributed by atoms with Crippen LogP contribution in [0.3, 0.4) is 0 Å². The second-order valence-corrected chi connectivity index (χ2v) is 10.3. The molecule has 1 aliphatic rings. The van der Waals surface area contributed by atoms with Gasteiger partial charge in [0.25, 0.3) is 0 Å². The van der Waals surface area contributed by atoms with Gasteiger partial charge in [0.05, 0.1) is 23.4 Å². The number of sulfonamides is 1. The van der Waals surface area contributed by atoms with Crippen molar-refractivity contribution in [3.63, 3.8) is 0 Å². The Morgan fingerprint density at radius 1 is 1.11 bits per heavy atom. The van der Waals surface area contributed by atoms with E-state index in [0.717, 1.165) is 5.56 Å². The Bertz CT molecular complexity index is 1270. The minimum atomic E-state index is -3.71. The molecule has 2 aromatic carbocycles. The zero-order chi connectivity index (χ0) is 24.8. The van der Waals surface area contributed by atoms with Gasteiger partial charge in [-0.2, -0.15) is 4.31 Å². The largest absolute Gasteiger partial charge is 0.462 e. The van der Waals surface area contributed by atoms with Crippen molar-refractivity contribution in [2.45, 2.75) is 31.2 Å². The SMILES string of the molecule is CCOC(=O)c1ccc(S(=O)(=O)N2CCC(C(=O)Nc3cccc(Cn4ccnc4)c3)CC2)cc1. The average molecular weight is 497 g/mol. The number of ether oxygens (including phenoxy) is 1. The summed E-state index contributed by atoms with van der Waals surface area (Å²) in [6, 6.07) is 13.4. The van der Waals surface area contributed by atoms with E-state index in [0.29, 0.717) is 30.6 Å². The van der Waals surface area contributed by atoms with Crippen molar-refractivity contribution in [3.05, 3.63) is 78.4 Å². The molecule has 0 bridgehead atoms. The number of aromatic nitrogens is 2. The number of imidazole rings is 1. The van der Waals surface area contributed by atoms with E-state index in [1.165, 1.54) is 28.6 Å². The van der Waals surface area contributed by atoms with E-state index in [1.54, 1.807) is 19.4 Å². The highest BCUT2D eigenvalue weighted by atomic mass is 32.2. The number of hydrogen-bond acceptors (Lipinski definition) is 6. The molecular weight excluding hydrogens is 468 g/mol. The number of anilines is 1. The number of rotatable bonds is 8. The van der Waals surface area contributed by atoms with Gasteiger partial charge in [-0.05, 0) is 61.7 Å². The van der Waals surface area contributed by atoms with Crippen LogP contribution in [-0.4, -0.2) is 53.8 Å². The van der Waals surface area contributed by atoms with Gasteiger partial charge in [0.15, 0.2) is 0 Å². The van der Waals surface area contributed by atoms with Gasteiger partial charge in [-0.15, -0.1) is 0 Å². The van der Waals surface area contributed by atoms with Gasteiger partial charge in [0.2, 0.25) is 15.9 Å². The summed E-state index contributed by atoms with van der Waals surface area (Å²) in [6.07, 6.45) is 6.20. The summed E-state index contributed by atoms with van der Waals surface area (Å²) in [7, 11) is -3.71. The molecule has 35 heavy (non-hydrogen) atoms. The third-order valence-corrected chi connectivity index (χ3v) is 7.86. The molecule has 0 aliphatic carbocycles. The predicted molar refractivity (Wildman–Crippen MR) is 130 cm³/mol. The van der Waals surface area contributed by atoms with Gasteiger partial charge in [-0.3, -0.25) is 4.79 Å². The molecule has 9 nitrogen and oxygen atoms in total. The lowest BCUT2D eigenvalue weighted by molar-refractivity contribution is -0.120. The molecule has 0 saturated carbocycles. The zero-order valence-electron chi connectivity index (χ0n) is 19.5. The first kappa shape index (κ1) is 24.6. The van der Waals surface area contributed by atoms with Crippen LogP contribution in [0.2, 0.25) is 0 Å². The second kappa shape index (κ2) is 10.8. The molecule has 2 heterocycles. The van der Waals surface area contributed by atoms with Crippen LogP contribution in [-0.2, 0) is 26.1 Å². The summed E-state index contributed by atoms with van der Waals surface area (Å²) < 4.78 is 34.3. The molecule has 4 rings (SSSR count). The lowest BCUT2D eigenvalue weighted by Crippen LogP contribution is -2.41. The molecule has 0 radical (unpaired) electrons. The molecule has 184 valence electrons. The van der Waals surface area contributed by atoms with Gasteiger partial charge < -0.3 is 14.6 Å². The van der Waals surface area contributed by atoms with Gasteiger partial charge in [-0.1, -0.05) is 12.1 Å². The van der Waals surface area contributed by atoms with Crippen molar-refractivity contribution in [3.8, 4) is 0 Å². The fourth-order valence-electron chi connectivity index (χ4n) is 4.07. The summed E-state index contributed by atoms with van der Waals surface area (Å²) in [5.41, 5.74) is 2.05. The minimum absolute atomic E-state index is 0.111. The molecule has 1 aromatic heterocycles. The van der Waals surface area contributed by atoms with Crippen LogP contribution in [0.4, 0.5) is 5.69 Å². The van der Waals surface area contributed by atoms with E-state index in [2.05, 4.69) is 10.3 Å². The Morgan fingerprint density at radius 3 is 2.51 bits per heavy atom. The van der Waals surface area contributed by atoms with Crippen molar-refractivity contribution in [1.29, 1.82) is 0 Å². The van der Waals surface area contributed by atoms with Gasteiger partial charge in [0, 0.05) is 43.6 Å². The minimum Gasteiger partial charge on any atom is -0.462 e. The highest BCUT2D eigenvalue weighted by Crippen LogP contribution is 2.25. The fourth-order valence-corrected chi connectivity index (χ4v) is 5.54. The van der Waals surface area contributed by atoms with Crippen LogP contribution >= 0.6 is 0 Å². The Kier molecular flexibility index (Phi) is 7.62. The lowest BCUT2D eigenvalue weighted by Gasteiger charge is -2.30. The third-order valence-electron chi connectivity index (χ3n) is 5.95. The summed E-state index contributed by atoms with van der Waals surface area (Å²) in [5, 5.41) is 2.97. The van der Waals surface area contributed by atoms with Crippen LogP contribution in [0.15, 0.2) is 72.1 Å². The van der Waals surface area contributed by atoms with Gasteiger partial charge in [-0.25, -0.2) is 18.2 Å². The molecule has 10 heteroatoms. The number of carbonyl (C=O) groups excluding carboxylic acids is 2. The first-order valence-electron chi connectivity index (χ1n) is 11.5. The molecule has 1 fully saturated rings. The van der Waals surface area contributed by atoms with Crippen LogP contribution < -0.4 is 5.32 Å². The zero-order valence-corrected chi connectivity index (χ0v) is 20.3. The van der Waals surface area contributed by atoms with Crippen LogP contribution in [0.1, 0.15) is 35.7 Å². The van der Waals surface area contributed by atoms with Crippen LogP contribution in [0.5, 0.6) is 0 Å². The molecule has 0 atom stereocenters. The van der Waals surface area contributed by atoms with Gasteiger partial charge in [0.1, 0.15) is 0 Å². The van der Waals surface area contributed by atoms with E-state index in [-0.39, 0.29) is 36.4 Å². The van der Waals surface area contributed by atoms with Crippen LogP contribution in [0, 0.1) is 5.92 Å². The number of nitrogens with zero attached hydrogens (tertiary/aromatic N) is 3. The standard InChI is InChI=1S/C25H28N4O5S/c1-2-34-25(31)21-6-8-23(9-7-21)35(32,33)29-13-10-20(11-14-29)24(30)27-22-5-3-4-19(16-22)17-28-15-12-26-18-28/h3-9,12,15-16,18,20H,2,10-11,13-14,17H2,1H3,(H,27,30). The Labute approximate surface area is 204 Å². The average Bonchev–Trinajstić information content (AvgIpc) is 3.37. The van der Waals surface area contributed by atoms with Crippen molar-refractivity contribution in [2.75, 3.05) is 25.0 Å². The number of hydrogen-bond donors (Lipinski definition) is 1. The first-order chi connectivity index (χ1) is 16.9. The predicted octanol–water partition coefficient (Wildman–Crippen LogP) is 3.15. The van der Waals surface area contributed by atoms with E-state index < -0.39 is 16.0 Å². The maximum Gasteiger partial charge on any atom is 0.338 e. The number of esters is 1. The summed E-state index contributed by atoms with van der Waals surface area (Å²) in [4.78, 5) is 28.8. The monoisotopic (exact) mass is 496 g/mol. The van der Waals surface area contributed by atoms with E-state index in [4.69, 9.17) is 4.74 Å². The molecule has 0 unspecified atom stereocenters. The number of nitrogens with one attached hydrogen (secondary N) is 1. The van der Waals surface area contributed by atoms with Gasteiger partial charge >= 0.3 is 5.97 Å². The topological polar surface area (TPSA) is 111 Å². The maximum absolute atomic E-state index is 13.0. The van der Waals surface area contributed by atoms with Crippen molar-refractivity contribution in [2.24, 2.45) is 5.92 Å². The molecule has 1 N–H and O–H groups in total. The molecule has 1 aliphatic heterocycles. The first-order valence-corrected chi connectivity index (χ1v) is 12.9.